The second-order valence-electron chi connectivity index (χ2n) is 6.06. The molecule has 0 aromatic heterocycles. The lowest BCUT2D eigenvalue weighted by Gasteiger charge is -2.45. The number of aliphatic hydroxyl groups excluding tert-OH is 1. The molecule has 1 atom stereocenters. The predicted octanol–water partition coefficient (Wildman–Crippen LogP) is 5.59. The minimum atomic E-state index is -3.17. The molecule has 0 saturated carbocycles. The highest BCUT2D eigenvalue weighted by atomic mass is 35.5. The minimum Gasteiger partial charge on any atom is -0.402 e. The molecular weight excluding hydrogens is 338 g/mol. The Labute approximate surface area is 143 Å². The van der Waals surface area contributed by atoms with Crippen LogP contribution in [0.3, 0.4) is 0 Å². The van der Waals surface area contributed by atoms with Crippen molar-refractivity contribution in [2.75, 3.05) is 6.61 Å². The maximum atomic E-state index is 14.9. The topological polar surface area (TPSA) is 29.5 Å². The third-order valence-corrected chi connectivity index (χ3v) is 9.83. The van der Waals surface area contributed by atoms with E-state index >= 15 is 0 Å². The highest BCUT2D eigenvalue weighted by Gasteiger charge is 2.55. The molecule has 23 heavy (non-hydrogen) atoms. The molecule has 0 bridgehead atoms. The van der Waals surface area contributed by atoms with Crippen LogP contribution in [0.1, 0.15) is 39.7 Å². The average Bonchev–Trinajstić information content (AvgIpc) is 2.53. The van der Waals surface area contributed by atoms with E-state index in [1.807, 2.05) is 20.8 Å². The molecule has 1 N–H and O–H groups in total. The quantitative estimate of drug-likeness (QED) is 0.578. The number of aliphatic hydroxyl groups is 1. The molecule has 1 aromatic rings. The summed E-state index contributed by atoms with van der Waals surface area (Å²) in [5, 5.41) is 9.57. The molecule has 0 aliphatic carbocycles. The second kappa shape index (κ2) is 8.06. The van der Waals surface area contributed by atoms with Crippen molar-refractivity contribution in [3.63, 3.8) is 0 Å². The van der Waals surface area contributed by atoms with E-state index in [2.05, 4.69) is 0 Å². The summed E-state index contributed by atoms with van der Waals surface area (Å²) in [6.45, 7) is 6.87. The van der Waals surface area contributed by atoms with Crippen molar-refractivity contribution in [2.24, 2.45) is 0 Å². The first kappa shape index (κ1) is 20.6. The molecular formula is C17H27ClF2O2Si. The van der Waals surface area contributed by atoms with Gasteiger partial charge in [-0.2, -0.15) is 0 Å². The van der Waals surface area contributed by atoms with E-state index < -0.39 is 32.9 Å². The Morgan fingerprint density at radius 2 is 1.57 bits per heavy atom. The Balaban J connectivity index is 3.39. The van der Waals surface area contributed by atoms with Crippen molar-refractivity contribution in [3.8, 4) is 0 Å². The van der Waals surface area contributed by atoms with Crippen molar-refractivity contribution < 1.29 is 18.3 Å². The smallest absolute Gasteiger partial charge is 0.281 e. The summed E-state index contributed by atoms with van der Waals surface area (Å²) in [4.78, 5) is 0. The first-order chi connectivity index (χ1) is 10.7. The molecule has 132 valence electrons. The molecule has 1 rings (SSSR count). The number of hydrogen-bond acceptors (Lipinski definition) is 2. The van der Waals surface area contributed by atoms with Gasteiger partial charge in [0.2, 0.25) is 0 Å². The van der Waals surface area contributed by atoms with Gasteiger partial charge >= 0.3 is 0 Å². The van der Waals surface area contributed by atoms with Crippen LogP contribution in [0.5, 0.6) is 0 Å². The third-order valence-electron chi connectivity index (χ3n) is 4.87. The van der Waals surface area contributed by atoms with Gasteiger partial charge in [-0.25, -0.2) is 8.78 Å². The van der Waals surface area contributed by atoms with Crippen molar-refractivity contribution in [1.82, 2.24) is 0 Å². The Morgan fingerprint density at radius 3 is 1.96 bits per heavy atom. The van der Waals surface area contributed by atoms with Crippen LogP contribution in [0.15, 0.2) is 24.3 Å². The molecule has 1 aromatic carbocycles. The van der Waals surface area contributed by atoms with Gasteiger partial charge in [-0.15, -0.1) is 0 Å². The standard InChI is InChI=1S/C17H27ClF2O2Si/c1-5-23(6-2,7-3)22-16(4,17(19,20)12-13-21)14-8-10-15(18)11-9-14/h8-11,21H,5-7,12-13H2,1-4H3. The first-order valence-corrected chi connectivity index (χ1v) is 11.1. The fourth-order valence-electron chi connectivity index (χ4n) is 2.89. The number of rotatable bonds is 9. The zero-order valence-corrected chi connectivity index (χ0v) is 16.1. The van der Waals surface area contributed by atoms with Crippen LogP contribution in [0, 0.1) is 0 Å². The molecule has 1 unspecified atom stereocenters. The molecule has 0 fully saturated rings. The van der Waals surface area contributed by atoms with E-state index in [-0.39, 0.29) is 0 Å². The average molecular weight is 365 g/mol. The number of halogens is 3. The van der Waals surface area contributed by atoms with Crippen molar-refractivity contribution in [2.45, 2.75) is 63.8 Å². The monoisotopic (exact) mass is 364 g/mol. The molecule has 0 aliphatic rings. The Bertz CT molecular complexity index is 484. The van der Waals surface area contributed by atoms with Gasteiger partial charge < -0.3 is 9.53 Å². The SMILES string of the molecule is CC[Si](CC)(CC)OC(C)(c1ccc(Cl)cc1)C(F)(F)CCO. The van der Waals surface area contributed by atoms with Crippen LogP contribution in [-0.4, -0.2) is 26.0 Å². The molecule has 0 aliphatic heterocycles. The highest BCUT2D eigenvalue weighted by Crippen LogP contribution is 2.46. The Hall–Kier alpha value is -0.493. The van der Waals surface area contributed by atoms with E-state index in [1.165, 1.54) is 6.92 Å². The minimum absolute atomic E-state index is 0.396. The lowest BCUT2D eigenvalue weighted by molar-refractivity contribution is -0.176. The third kappa shape index (κ3) is 4.32. The van der Waals surface area contributed by atoms with Crippen LogP contribution >= 0.6 is 11.6 Å². The summed E-state index contributed by atoms with van der Waals surface area (Å²) in [7, 11) is -2.28. The van der Waals surface area contributed by atoms with Gasteiger partial charge in [-0.3, -0.25) is 0 Å². The van der Waals surface area contributed by atoms with Crippen LogP contribution in [0.4, 0.5) is 8.78 Å². The van der Waals surface area contributed by atoms with Gasteiger partial charge in [0, 0.05) is 18.1 Å². The number of hydrogen-bond donors (Lipinski definition) is 1. The van der Waals surface area contributed by atoms with Gasteiger partial charge in [-0.05, 0) is 42.8 Å². The van der Waals surface area contributed by atoms with Crippen LogP contribution < -0.4 is 0 Å². The molecule has 0 saturated heterocycles. The largest absolute Gasteiger partial charge is 0.402 e. The van der Waals surface area contributed by atoms with Crippen LogP contribution in [-0.2, 0) is 10.0 Å². The van der Waals surface area contributed by atoms with Crippen molar-refractivity contribution >= 4 is 19.9 Å². The Kier molecular flexibility index (Phi) is 7.20. The fraction of sp³-hybridized carbons (Fsp3) is 0.647. The highest BCUT2D eigenvalue weighted by molar-refractivity contribution is 6.73. The van der Waals surface area contributed by atoms with Gasteiger partial charge in [-0.1, -0.05) is 44.5 Å². The van der Waals surface area contributed by atoms with Crippen LogP contribution in [0.2, 0.25) is 23.2 Å². The summed E-state index contributed by atoms with van der Waals surface area (Å²) in [6.07, 6.45) is -0.631. The van der Waals surface area contributed by atoms with Gasteiger partial charge in [0.1, 0.15) is 5.60 Å². The summed E-state index contributed by atoms with van der Waals surface area (Å²) in [5.74, 6) is -3.17. The molecule has 0 amide bonds. The summed E-state index contributed by atoms with van der Waals surface area (Å²) >= 11 is 5.89. The maximum Gasteiger partial charge on any atom is 0.281 e. The van der Waals surface area contributed by atoms with Gasteiger partial charge in [0.15, 0.2) is 8.32 Å². The normalized spacial score (nSPS) is 15.5. The van der Waals surface area contributed by atoms with E-state index in [1.54, 1.807) is 24.3 Å². The second-order valence-corrected chi connectivity index (χ2v) is 11.2. The molecule has 0 radical (unpaired) electrons. The molecule has 2 nitrogen and oxygen atoms in total. The molecule has 0 spiro atoms. The zero-order chi connectivity index (χ0) is 17.7. The molecule has 6 heteroatoms. The van der Waals surface area contributed by atoms with E-state index in [0.29, 0.717) is 10.6 Å². The van der Waals surface area contributed by atoms with E-state index in [0.717, 1.165) is 18.1 Å². The lowest BCUT2D eigenvalue weighted by atomic mass is 9.87. The van der Waals surface area contributed by atoms with E-state index in [9.17, 15) is 8.78 Å². The number of benzene rings is 1. The zero-order valence-electron chi connectivity index (χ0n) is 14.3. The molecule has 0 heterocycles. The lowest BCUT2D eigenvalue weighted by Crippen LogP contribution is -2.53. The summed E-state index contributed by atoms with van der Waals surface area (Å²) < 4.78 is 36.1. The van der Waals surface area contributed by atoms with Gasteiger partial charge in [0.05, 0.1) is 0 Å². The van der Waals surface area contributed by atoms with Crippen molar-refractivity contribution in [1.29, 1.82) is 0 Å². The Morgan fingerprint density at radius 1 is 1.09 bits per heavy atom. The number of alkyl halides is 2. The predicted molar refractivity (Wildman–Crippen MR) is 93.7 cm³/mol. The first-order valence-electron chi connectivity index (χ1n) is 8.15. The van der Waals surface area contributed by atoms with Crippen molar-refractivity contribution in [3.05, 3.63) is 34.9 Å². The fourth-order valence-corrected chi connectivity index (χ4v) is 6.08. The van der Waals surface area contributed by atoms with Gasteiger partial charge in [0.25, 0.3) is 5.92 Å². The summed E-state index contributed by atoms with van der Waals surface area (Å²) in [6, 6.07) is 8.71. The van der Waals surface area contributed by atoms with E-state index in [4.69, 9.17) is 21.1 Å². The van der Waals surface area contributed by atoms with Crippen LogP contribution in [0.25, 0.3) is 0 Å². The maximum absolute atomic E-state index is 14.9. The summed E-state index contributed by atoms with van der Waals surface area (Å²) in [5.41, 5.74) is -1.37.